The van der Waals surface area contributed by atoms with Crippen molar-refractivity contribution in [3.63, 3.8) is 0 Å². The first kappa shape index (κ1) is 20.0. The molecule has 0 spiro atoms. The smallest absolute Gasteiger partial charge is 0.265 e. The van der Waals surface area contributed by atoms with Crippen molar-refractivity contribution in [2.45, 2.75) is 19.9 Å². The summed E-state index contributed by atoms with van der Waals surface area (Å²) < 4.78 is 5.48. The first-order valence-electron chi connectivity index (χ1n) is 9.46. The van der Waals surface area contributed by atoms with Crippen LogP contribution >= 0.6 is 11.6 Å². The molecule has 148 valence electrons. The Morgan fingerprint density at radius 1 is 1.18 bits per heavy atom. The first-order chi connectivity index (χ1) is 13.7. The summed E-state index contributed by atoms with van der Waals surface area (Å²) in [6.45, 7) is 4.81. The third-order valence-corrected chi connectivity index (χ3v) is 4.59. The molecule has 0 saturated heterocycles. The SMILES string of the molecule is CCNC(=NCc1ccc(Cl)cc1)NCCCN1C(=O)COc2ccccc21. The van der Waals surface area contributed by atoms with Crippen LogP contribution < -0.4 is 20.3 Å². The highest BCUT2D eigenvalue weighted by atomic mass is 35.5. The molecule has 0 aliphatic carbocycles. The van der Waals surface area contributed by atoms with Crippen LogP contribution in [0.25, 0.3) is 0 Å². The van der Waals surface area contributed by atoms with E-state index in [1.807, 2.05) is 55.5 Å². The molecule has 1 aliphatic heterocycles. The maximum absolute atomic E-state index is 12.2. The van der Waals surface area contributed by atoms with E-state index in [9.17, 15) is 4.79 Å². The highest BCUT2D eigenvalue weighted by Crippen LogP contribution is 2.31. The van der Waals surface area contributed by atoms with Gasteiger partial charge >= 0.3 is 0 Å². The third-order valence-electron chi connectivity index (χ3n) is 4.34. The largest absolute Gasteiger partial charge is 0.482 e. The van der Waals surface area contributed by atoms with Gasteiger partial charge in [-0.1, -0.05) is 35.9 Å². The Kier molecular flexibility index (Phi) is 7.14. The average Bonchev–Trinajstić information content (AvgIpc) is 2.71. The summed E-state index contributed by atoms with van der Waals surface area (Å²) in [5.41, 5.74) is 1.93. The zero-order valence-electron chi connectivity index (χ0n) is 16.0. The molecule has 1 amide bonds. The molecule has 3 rings (SSSR count). The molecule has 1 heterocycles. The van der Waals surface area contributed by atoms with E-state index in [-0.39, 0.29) is 12.5 Å². The van der Waals surface area contributed by atoms with Gasteiger partial charge < -0.3 is 20.3 Å². The number of rotatable bonds is 7. The molecule has 0 radical (unpaired) electrons. The van der Waals surface area contributed by atoms with E-state index >= 15 is 0 Å². The van der Waals surface area contributed by atoms with Crippen LogP contribution in [0.2, 0.25) is 5.02 Å². The molecular formula is C21H25ClN4O2. The van der Waals surface area contributed by atoms with E-state index in [4.69, 9.17) is 16.3 Å². The number of fused-ring (bicyclic) bond motifs is 1. The van der Waals surface area contributed by atoms with E-state index in [1.54, 1.807) is 4.90 Å². The molecule has 28 heavy (non-hydrogen) atoms. The Morgan fingerprint density at radius 2 is 1.96 bits per heavy atom. The van der Waals surface area contributed by atoms with Crippen molar-refractivity contribution in [2.75, 3.05) is 31.1 Å². The number of anilines is 1. The Hall–Kier alpha value is -2.73. The van der Waals surface area contributed by atoms with Gasteiger partial charge in [-0.25, -0.2) is 4.99 Å². The van der Waals surface area contributed by atoms with Crippen molar-refractivity contribution >= 4 is 29.2 Å². The lowest BCUT2D eigenvalue weighted by Gasteiger charge is -2.29. The van der Waals surface area contributed by atoms with Crippen LogP contribution in [0.5, 0.6) is 5.75 Å². The average molecular weight is 401 g/mol. The lowest BCUT2D eigenvalue weighted by Crippen LogP contribution is -2.42. The minimum Gasteiger partial charge on any atom is -0.482 e. The molecule has 0 unspecified atom stereocenters. The van der Waals surface area contributed by atoms with Gasteiger partial charge in [-0.2, -0.15) is 0 Å². The maximum atomic E-state index is 12.2. The van der Waals surface area contributed by atoms with Crippen molar-refractivity contribution in [1.29, 1.82) is 0 Å². The molecule has 0 atom stereocenters. The number of aliphatic imine (C=N–C) groups is 1. The first-order valence-corrected chi connectivity index (χ1v) is 9.84. The standard InChI is InChI=1S/C21H25ClN4O2/c1-2-23-21(25-14-16-8-10-17(22)11-9-16)24-12-5-13-26-18-6-3-4-7-19(18)28-15-20(26)27/h3-4,6-11H,2,5,12-15H2,1H3,(H2,23,24,25). The maximum Gasteiger partial charge on any atom is 0.265 e. The summed E-state index contributed by atoms with van der Waals surface area (Å²) >= 11 is 5.92. The van der Waals surface area contributed by atoms with E-state index in [0.717, 1.165) is 40.9 Å². The van der Waals surface area contributed by atoms with Crippen LogP contribution in [0.4, 0.5) is 5.69 Å². The van der Waals surface area contributed by atoms with Gasteiger partial charge in [-0.05, 0) is 43.2 Å². The molecule has 0 fully saturated rings. The van der Waals surface area contributed by atoms with E-state index in [0.29, 0.717) is 19.6 Å². The van der Waals surface area contributed by atoms with Crippen molar-refractivity contribution in [1.82, 2.24) is 10.6 Å². The van der Waals surface area contributed by atoms with Gasteiger partial charge in [0.1, 0.15) is 5.75 Å². The number of halogens is 1. The number of nitrogens with one attached hydrogen (secondary N) is 2. The molecule has 0 aromatic heterocycles. The van der Waals surface area contributed by atoms with Gasteiger partial charge in [0.05, 0.1) is 12.2 Å². The number of carbonyl (C=O) groups is 1. The molecule has 0 saturated carbocycles. The fourth-order valence-electron chi connectivity index (χ4n) is 2.94. The number of hydrogen-bond acceptors (Lipinski definition) is 3. The minimum atomic E-state index is -0.0120. The normalized spacial score (nSPS) is 13.7. The van der Waals surface area contributed by atoms with E-state index in [2.05, 4.69) is 15.6 Å². The van der Waals surface area contributed by atoms with Gasteiger partial charge in [-0.15, -0.1) is 0 Å². The summed E-state index contributed by atoms with van der Waals surface area (Å²) in [5.74, 6) is 1.50. The lowest BCUT2D eigenvalue weighted by molar-refractivity contribution is -0.121. The van der Waals surface area contributed by atoms with Crippen molar-refractivity contribution in [3.05, 3.63) is 59.1 Å². The fourth-order valence-corrected chi connectivity index (χ4v) is 3.07. The highest BCUT2D eigenvalue weighted by molar-refractivity contribution is 6.30. The van der Waals surface area contributed by atoms with Crippen molar-refractivity contribution in [3.8, 4) is 5.75 Å². The minimum absolute atomic E-state index is 0.0120. The summed E-state index contributed by atoms with van der Waals surface area (Å²) in [6.07, 6.45) is 0.797. The van der Waals surface area contributed by atoms with Gasteiger partial charge in [0.2, 0.25) is 0 Å². The van der Waals surface area contributed by atoms with Crippen molar-refractivity contribution in [2.24, 2.45) is 4.99 Å². The molecule has 0 bridgehead atoms. The second-order valence-electron chi connectivity index (χ2n) is 6.40. The van der Waals surface area contributed by atoms with Gasteiger partial charge in [0.25, 0.3) is 5.91 Å². The summed E-state index contributed by atoms with van der Waals surface area (Å²) in [4.78, 5) is 18.6. The highest BCUT2D eigenvalue weighted by Gasteiger charge is 2.24. The molecule has 2 N–H and O–H groups in total. The van der Waals surface area contributed by atoms with Crippen LogP contribution in [0.3, 0.4) is 0 Å². The predicted molar refractivity (Wildman–Crippen MR) is 113 cm³/mol. The van der Waals surface area contributed by atoms with Crippen LogP contribution in [0.15, 0.2) is 53.5 Å². The van der Waals surface area contributed by atoms with Crippen LogP contribution in [-0.4, -0.2) is 38.1 Å². The fraction of sp³-hybridized carbons (Fsp3) is 0.333. The van der Waals surface area contributed by atoms with E-state index < -0.39 is 0 Å². The monoisotopic (exact) mass is 400 g/mol. The Balaban J connectivity index is 1.51. The summed E-state index contributed by atoms with van der Waals surface area (Å²) in [7, 11) is 0. The number of carbonyl (C=O) groups excluding carboxylic acids is 1. The zero-order valence-corrected chi connectivity index (χ0v) is 16.7. The van der Waals surface area contributed by atoms with Crippen LogP contribution in [0, 0.1) is 0 Å². The molecule has 1 aliphatic rings. The third kappa shape index (κ3) is 5.39. The number of hydrogen-bond donors (Lipinski definition) is 2. The molecule has 7 heteroatoms. The van der Waals surface area contributed by atoms with Gasteiger partial charge in [0, 0.05) is 24.7 Å². The van der Waals surface area contributed by atoms with E-state index in [1.165, 1.54) is 0 Å². The second kappa shape index (κ2) is 9.99. The number of nitrogens with zero attached hydrogens (tertiary/aromatic N) is 2. The summed E-state index contributed by atoms with van der Waals surface area (Å²) in [6, 6.07) is 15.3. The zero-order chi connectivity index (χ0) is 19.8. The predicted octanol–water partition coefficient (Wildman–Crippen LogP) is 3.21. The topological polar surface area (TPSA) is 66.0 Å². The lowest BCUT2D eigenvalue weighted by atomic mass is 10.2. The van der Waals surface area contributed by atoms with Crippen LogP contribution in [0.1, 0.15) is 18.9 Å². The molecule has 2 aromatic rings. The molecule has 6 nitrogen and oxygen atoms in total. The number of benzene rings is 2. The van der Waals surface area contributed by atoms with Crippen LogP contribution in [-0.2, 0) is 11.3 Å². The molecular weight excluding hydrogens is 376 g/mol. The Bertz CT molecular complexity index is 823. The summed E-state index contributed by atoms with van der Waals surface area (Å²) in [5, 5.41) is 7.28. The quantitative estimate of drug-likeness (QED) is 0.425. The molecule has 2 aromatic carbocycles. The van der Waals surface area contributed by atoms with Gasteiger partial charge in [0.15, 0.2) is 12.6 Å². The number of para-hydroxylation sites is 2. The number of guanidine groups is 1. The van der Waals surface area contributed by atoms with Crippen molar-refractivity contribution < 1.29 is 9.53 Å². The number of ether oxygens (including phenoxy) is 1. The Morgan fingerprint density at radius 3 is 2.75 bits per heavy atom. The van der Waals surface area contributed by atoms with Gasteiger partial charge in [-0.3, -0.25) is 4.79 Å². The second-order valence-corrected chi connectivity index (χ2v) is 6.84. The number of amides is 1. The Labute approximate surface area is 170 Å².